The van der Waals surface area contributed by atoms with Crippen LogP contribution < -0.4 is 15.4 Å². The number of aromatic nitrogens is 2. The fraction of sp³-hybridized carbons (Fsp3) is 0.294. The van der Waals surface area contributed by atoms with Crippen LogP contribution in [0.25, 0.3) is 10.9 Å². The number of furan rings is 1. The van der Waals surface area contributed by atoms with E-state index < -0.39 is 0 Å². The number of nitrogens with one attached hydrogen (secondary N) is 2. The van der Waals surface area contributed by atoms with E-state index in [1.165, 1.54) is 0 Å². The first-order valence-electron chi connectivity index (χ1n) is 7.55. The number of para-hydroxylation sites is 1. The molecule has 2 N–H and O–H groups in total. The summed E-state index contributed by atoms with van der Waals surface area (Å²) >= 11 is 0. The maximum Gasteiger partial charge on any atom is 0.225 e. The summed E-state index contributed by atoms with van der Waals surface area (Å²) < 4.78 is 10.8. The minimum absolute atomic E-state index is 0.236. The Labute approximate surface area is 134 Å². The molecule has 3 aromatic rings. The first kappa shape index (κ1) is 15.1. The van der Waals surface area contributed by atoms with Crippen molar-refractivity contribution < 1.29 is 9.15 Å². The van der Waals surface area contributed by atoms with Crippen molar-refractivity contribution in [3.63, 3.8) is 0 Å². The third kappa shape index (κ3) is 3.36. The summed E-state index contributed by atoms with van der Waals surface area (Å²) in [6.45, 7) is 4.65. The highest BCUT2D eigenvalue weighted by molar-refractivity contribution is 5.94. The van der Waals surface area contributed by atoms with E-state index in [2.05, 4.69) is 20.6 Å². The Bertz CT molecular complexity index is 785. The van der Waals surface area contributed by atoms with Gasteiger partial charge < -0.3 is 19.8 Å². The number of hydrogen-bond donors (Lipinski definition) is 2. The summed E-state index contributed by atoms with van der Waals surface area (Å²) in [6.07, 6.45) is 1.66. The molecule has 0 amide bonds. The van der Waals surface area contributed by atoms with Gasteiger partial charge in [0.2, 0.25) is 5.95 Å². The van der Waals surface area contributed by atoms with Crippen LogP contribution in [0.5, 0.6) is 5.75 Å². The van der Waals surface area contributed by atoms with Gasteiger partial charge in [0.25, 0.3) is 0 Å². The van der Waals surface area contributed by atoms with E-state index in [0.29, 0.717) is 12.5 Å². The molecule has 0 spiro atoms. The zero-order valence-corrected chi connectivity index (χ0v) is 13.5. The van der Waals surface area contributed by atoms with Crippen molar-refractivity contribution in [3.8, 4) is 5.75 Å². The highest BCUT2D eigenvalue weighted by atomic mass is 16.5. The van der Waals surface area contributed by atoms with Crippen LogP contribution in [0.2, 0.25) is 0 Å². The topological polar surface area (TPSA) is 72.2 Å². The number of methoxy groups -OCH3 is 1. The van der Waals surface area contributed by atoms with Gasteiger partial charge in [-0.2, -0.15) is 4.98 Å². The number of benzene rings is 1. The van der Waals surface area contributed by atoms with Gasteiger partial charge in [0.1, 0.15) is 22.8 Å². The lowest BCUT2D eigenvalue weighted by Gasteiger charge is -2.14. The fourth-order valence-electron chi connectivity index (χ4n) is 2.33. The molecule has 6 nitrogen and oxygen atoms in total. The molecule has 120 valence electrons. The molecule has 2 heterocycles. The van der Waals surface area contributed by atoms with Crippen molar-refractivity contribution >= 4 is 22.7 Å². The summed E-state index contributed by atoms with van der Waals surface area (Å²) in [6, 6.07) is 9.82. The maximum absolute atomic E-state index is 5.43. The summed E-state index contributed by atoms with van der Waals surface area (Å²) in [7, 11) is 1.64. The maximum atomic E-state index is 5.43. The van der Waals surface area contributed by atoms with E-state index in [1.807, 2.05) is 44.2 Å². The third-order valence-corrected chi connectivity index (χ3v) is 3.34. The summed E-state index contributed by atoms with van der Waals surface area (Å²) in [5.74, 6) is 2.88. The van der Waals surface area contributed by atoms with Gasteiger partial charge in [-0.05, 0) is 38.1 Å². The van der Waals surface area contributed by atoms with E-state index in [4.69, 9.17) is 9.15 Å². The molecule has 6 heteroatoms. The van der Waals surface area contributed by atoms with Crippen molar-refractivity contribution in [2.75, 3.05) is 17.7 Å². The molecule has 0 radical (unpaired) electrons. The zero-order valence-electron chi connectivity index (χ0n) is 13.5. The van der Waals surface area contributed by atoms with Crippen LogP contribution >= 0.6 is 0 Å². The molecular weight excluding hydrogens is 292 g/mol. The van der Waals surface area contributed by atoms with Gasteiger partial charge >= 0.3 is 0 Å². The lowest BCUT2D eigenvalue weighted by Crippen LogP contribution is -2.14. The average Bonchev–Trinajstić information content (AvgIpc) is 3.05. The van der Waals surface area contributed by atoms with Crippen molar-refractivity contribution in [2.45, 2.75) is 26.4 Å². The molecule has 0 aliphatic carbocycles. The molecule has 0 aliphatic heterocycles. The molecular formula is C17H20N4O2. The number of fused-ring (bicyclic) bond motifs is 1. The molecule has 0 atom stereocenters. The molecule has 0 bridgehead atoms. The van der Waals surface area contributed by atoms with Crippen LogP contribution in [-0.2, 0) is 6.54 Å². The molecule has 23 heavy (non-hydrogen) atoms. The van der Waals surface area contributed by atoms with Crippen molar-refractivity contribution in [2.24, 2.45) is 0 Å². The van der Waals surface area contributed by atoms with Gasteiger partial charge in [-0.25, -0.2) is 4.98 Å². The molecule has 0 saturated heterocycles. The van der Waals surface area contributed by atoms with Crippen LogP contribution in [0.1, 0.15) is 19.6 Å². The fourth-order valence-corrected chi connectivity index (χ4v) is 2.33. The minimum atomic E-state index is 0.236. The zero-order chi connectivity index (χ0) is 16.2. The molecule has 1 aromatic carbocycles. The highest BCUT2D eigenvalue weighted by Crippen LogP contribution is 2.29. The first-order chi connectivity index (χ1) is 11.2. The number of nitrogens with zero attached hydrogens (tertiary/aromatic N) is 2. The Hall–Kier alpha value is -2.76. The van der Waals surface area contributed by atoms with E-state index >= 15 is 0 Å². The molecule has 2 aromatic heterocycles. The third-order valence-electron chi connectivity index (χ3n) is 3.34. The average molecular weight is 312 g/mol. The second kappa shape index (κ2) is 6.56. The predicted molar refractivity (Wildman–Crippen MR) is 90.9 cm³/mol. The van der Waals surface area contributed by atoms with Crippen molar-refractivity contribution in [1.82, 2.24) is 9.97 Å². The van der Waals surface area contributed by atoms with Crippen LogP contribution in [0, 0.1) is 0 Å². The lowest BCUT2D eigenvalue weighted by molar-refractivity contribution is 0.419. The Morgan fingerprint density at radius 1 is 1.17 bits per heavy atom. The monoisotopic (exact) mass is 312 g/mol. The lowest BCUT2D eigenvalue weighted by atomic mass is 10.2. The van der Waals surface area contributed by atoms with Gasteiger partial charge in [-0.3, -0.25) is 0 Å². The minimum Gasteiger partial charge on any atom is -0.494 e. The Morgan fingerprint density at radius 2 is 2.04 bits per heavy atom. The smallest absolute Gasteiger partial charge is 0.225 e. The van der Waals surface area contributed by atoms with Crippen LogP contribution in [0.15, 0.2) is 41.0 Å². The summed E-state index contributed by atoms with van der Waals surface area (Å²) in [4.78, 5) is 9.17. The number of anilines is 2. The van der Waals surface area contributed by atoms with E-state index in [0.717, 1.165) is 28.2 Å². The molecule has 0 unspecified atom stereocenters. The van der Waals surface area contributed by atoms with Crippen LogP contribution in [-0.4, -0.2) is 23.1 Å². The largest absolute Gasteiger partial charge is 0.494 e. The van der Waals surface area contributed by atoms with Gasteiger partial charge in [-0.15, -0.1) is 0 Å². The van der Waals surface area contributed by atoms with Crippen molar-refractivity contribution in [3.05, 3.63) is 42.4 Å². The highest BCUT2D eigenvalue weighted by Gasteiger charge is 2.12. The molecule has 3 rings (SSSR count). The van der Waals surface area contributed by atoms with Gasteiger partial charge in [0, 0.05) is 11.4 Å². The summed E-state index contributed by atoms with van der Waals surface area (Å²) in [5.41, 5.74) is 0.773. The number of rotatable bonds is 6. The molecule has 0 aliphatic rings. The second-order valence-corrected chi connectivity index (χ2v) is 5.48. The Morgan fingerprint density at radius 3 is 2.74 bits per heavy atom. The van der Waals surface area contributed by atoms with Gasteiger partial charge in [0.05, 0.1) is 19.9 Å². The normalized spacial score (nSPS) is 11.0. The number of ether oxygens (including phenoxy) is 1. The van der Waals surface area contributed by atoms with Gasteiger partial charge in [-0.1, -0.05) is 6.07 Å². The van der Waals surface area contributed by atoms with E-state index in [-0.39, 0.29) is 6.04 Å². The van der Waals surface area contributed by atoms with Crippen molar-refractivity contribution in [1.29, 1.82) is 0 Å². The Kier molecular flexibility index (Phi) is 4.32. The first-order valence-corrected chi connectivity index (χ1v) is 7.55. The molecule has 0 saturated carbocycles. The van der Waals surface area contributed by atoms with E-state index in [9.17, 15) is 0 Å². The predicted octanol–water partition coefficient (Wildman–Crippen LogP) is 3.66. The SMILES string of the molecule is COc1cccc2c(NCc3ccco3)nc(NC(C)C)nc12. The standard InChI is InChI=1S/C17H20N4O2/c1-11(2)19-17-20-15-13(7-4-8-14(15)22-3)16(21-17)18-10-12-6-5-9-23-12/h4-9,11H,10H2,1-3H3,(H2,18,19,20,21). The van der Waals surface area contributed by atoms with Crippen LogP contribution in [0.4, 0.5) is 11.8 Å². The molecule has 0 fully saturated rings. The Balaban J connectivity index is 2.02. The van der Waals surface area contributed by atoms with Gasteiger partial charge in [0.15, 0.2) is 0 Å². The van der Waals surface area contributed by atoms with Crippen LogP contribution in [0.3, 0.4) is 0 Å². The number of hydrogen-bond acceptors (Lipinski definition) is 6. The van der Waals surface area contributed by atoms with E-state index in [1.54, 1.807) is 13.4 Å². The quantitative estimate of drug-likeness (QED) is 0.723. The second-order valence-electron chi connectivity index (χ2n) is 5.48. The summed E-state index contributed by atoms with van der Waals surface area (Å²) in [5, 5.41) is 7.46.